The summed E-state index contributed by atoms with van der Waals surface area (Å²) in [6.07, 6.45) is 1.55. The van der Waals surface area contributed by atoms with Gasteiger partial charge in [0, 0.05) is 0 Å². The van der Waals surface area contributed by atoms with E-state index in [1.54, 1.807) is 11.4 Å². The number of hydrogen-bond donors (Lipinski definition) is 3. The predicted molar refractivity (Wildman–Crippen MR) is 82.2 cm³/mol. The highest BCUT2D eigenvalue weighted by Crippen LogP contribution is 2.29. The Morgan fingerprint density at radius 1 is 1.30 bits per heavy atom. The Bertz CT molecular complexity index is 605. The van der Waals surface area contributed by atoms with Crippen molar-refractivity contribution in [1.82, 2.24) is 0 Å². The van der Waals surface area contributed by atoms with Crippen LogP contribution in [0.25, 0.3) is 0 Å². The Labute approximate surface area is 124 Å². The molecule has 20 heavy (non-hydrogen) atoms. The van der Waals surface area contributed by atoms with E-state index in [1.807, 2.05) is 18.4 Å². The van der Waals surface area contributed by atoms with Crippen molar-refractivity contribution in [3.8, 4) is 0 Å². The lowest BCUT2D eigenvalue weighted by atomic mass is 10.1. The number of carboxylic acids is 1. The number of amides is 2. The van der Waals surface area contributed by atoms with Crippen LogP contribution in [-0.2, 0) is 6.42 Å². The number of carbonyl (C=O) groups is 2. The molecule has 2 rings (SSSR count). The van der Waals surface area contributed by atoms with Gasteiger partial charge in [-0.25, -0.2) is 9.59 Å². The second-order valence-corrected chi connectivity index (χ2v) is 5.90. The molecule has 0 aliphatic carbocycles. The Kier molecular flexibility index (Phi) is 4.75. The first-order valence-electron chi connectivity index (χ1n) is 6.07. The van der Waals surface area contributed by atoms with Gasteiger partial charge in [0.1, 0.15) is 5.00 Å². The van der Waals surface area contributed by atoms with Crippen molar-refractivity contribution in [3.05, 3.63) is 34.0 Å². The normalized spacial score (nSPS) is 10.2. The number of hydrogen-bond acceptors (Lipinski definition) is 4. The van der Waals surface area contributed by atoms with Gasteiger partial charge >= 0.3 is 12.0 Å². The second kappa shape index (κ2) is 6.53. The molecule has 0 fully saturated rings. The average Bonchev–Trinajstić information content (AvgIpc) is 2.99. The molecule has 0 saturated carbocycles. The minimum absolute atomic E-state index is 0.193. The molecule has 0 saturated heterocycles. The summed E-state index contributed by atoms with van der Waals surface area (Å²) in [5, 5.41) is 19.3. The van der Waals surface area contributed by atoms with Gasteiger partial charge in [-0.2, -0.15) is 0 Å². The molecule has 106 valence electrons. The van der Waals surface area contributed by atoms with Crippen LogP contribution in [0.15, 0.2) is 22.9 Å². The lowest BCUT2D eigenvalue weighted by Crippen LogP contribution is -2.19. The molecule has 2 aromatic rings. The van der Waals surface area contributed by atoms with Crippen molar-refractivity contribution >= 4 is 44.7 Å². The topological polar surface area (TPSA) is 78.4 Å². The van der Waals surface area contributed by atoms with Gasteiger partial charge in [-0.05, 0) is 34.9 Å². The number of carbonyl (C=O) groups excluding carboxylic acids is 1. The lowest BCUT2D eigenvalue weighted by Gasteiger charge is -2.06. The third-order valence-corrected chi connectivity index (χ3v) is 4.31. The maximum Gasteiger partial charge on any atom is 0.338 e. The summed E-state index contributed by atoms with van der Waals surface area (Å²) in [5.41, 5.74) is 0.953. The van der Waals surface area contributed by atoms with Crippen LogP contribution in [0.4, 0.5) is 14.8 Å². The van der Waals surface area contributed by atoms with E-state index >= 15 is 0 Å². The maximum atomic E-state index is 11.8. The Morgan fingerprint density at radius 2 is 2.10 bits per heavy atom. The van der Waals surface area contributed by atoms with Crippen molar-refractivity contribution in [2.45, 2.75) is 19.8 Å². The fourth-order valence-corrected chi connectivity index (χ4v) is 3.37. The smallest absolute Gasteiger partial charge is 0.338 e. The molecule has 7 heteroatoms. The fraction of sp³-hybridized carbons (Fsp3) is 0.231. The molecule has 0 unspecified atom stereocenters. The van der Waals surface area contributed by atoms with Crippen LogP contribution in [0.2, 0.25) is 0 Å². The van der Waals surface area contributed by atoms with Gasteiger partial charge in [0.05, 0.1) is 10.6 Å². The summed E-state index contributed by atoms with van der Waals surface area (Å²) in [7, 11) is 0. The number of aryl methyl sites for hydroxylation is 1. The van der Waals surface area contributed by atoms with Crippen LogP contribution >= 0.6 is 22.7 Å². The van der Waals surface area contributed by atoms with Gasteiger partial charge in [-0.3, -0.25) is 10.6 Å². The number of nitrogens with one attached hydrogen (secondary N) is 2. The molecule has 3 N–H and O–H groups in total. The number of thiophene rings is 2. The molecule has 2 aromatic heterocycles. The maximum absolute atomic E-state index is 11.8. The number of anilines is 2. The molecular weight excluding hydrogens is 296 g/mol. The lowest BCUT2D eigenvalue weighted by molar-refractivity contribution is 0.0697. The monoisotopic (exact) mass is 310 g/mol. The molecule has 0 spiro atoms. The SMILES string of the molecule is CCCc1csc(NC(=O)Nc2cccs2)c1C(=O)O. The summed E-state index contributed by atoms with van der Waals surface area (Å²) >= 11 is 2.64. The van der Waals surface area contributed by atoms with Gasteiger partial charge in [0.2, 0.25) is 0 Å². The van der Waals surface area contributed by atoms with Gasteiger partial charge in [0.15, 0.2) is 0 Å². The quantitative estimate of drug-likeness (QED) is 0.778. The first kappa shape index (κ1) is 14.5. The standard InChI is InChI=1S/C13H14N2O3S2/c1-2-4-8-7-20-11(10(8)12(16)17)15-13(18)14-9-5-3-6-19-9/h3,5-7H,2,4H2,1H3,(H,16,17)(H2,14,15,18). The van der Waals surface area contributed by atoms with Crippen LogP contribution < -0.4 is 10.6 Å². The summed E-state index contributed by atoms with van der Waals surface area (Å²) < 4.78 is 0. The zero-order valence-electron chi connectivity index (χ0n) is 10.8. The largest absolute Gasteiger partial charge is 0.478 e. The third-order valence-electron chi connectivity index (χ3n) is 2.59. The van der Waals surface area contributed by atoms with Crippen LogP contribution in [0.1, 0.15) is 29.3 Å². The predicted octanol–water partition coefficient (Wildman–Crippen LogP) is 4.10. The first-order chi connectivity index (χ1) is 9.61. The van der Waals surface area contributed by atoms with Crippen LogP contribution in [0.3, 0.4) is 0 Å². The van der Waals surface area contributed by atoms with E-state index in [1.165, 1.54) is 22.7 Å². The molecule has 0 atom stereocenters. The number of carboxylic acid groups (broad SMARTS) is 1. The highest BCUT2D eigenvalue weighted by molar-refractivity contribution is 7.15. The van der Waals surface area contributed by atoms with Gasteiger partial charge in [-0.15, -0.1) is 22.7 Å². The zero-order chi connectivity index (χ0) is 14.5. The van der Waals surface area contributed by atoms with Crippen molar-refractivity contribution < 1.29 is 14.7 Å². The van der Waals surface area contributed by atoms with E-state index in [0.29, 0.717) is 16.4 Å². The zero-order valence-corrected chi connectivity index (χ0v) is 12.4. The first-order valence-corrected chi connectivity index (χ1v) is 7.83. The molecular formula is C13H14N2O3S2. The molecule has 0 radical (unpaired) electrons. The van der Waals surface area contributed by atoms with Crippen molar-refractivity contribution in [2.24, 2.45) is 0 Å². The van der Waals surface area contributed by atoms with E-state index in [9.17, 15) is 14.7 Å². The van der Waals surface area contributed by atoms with Crippen LogP contribution in [0, 0.1) is 0 Å². The highest BCUT2D eigenvalue weighted by Gasteiger charge is 2.19. The Hall–Kier alpha value is -1.86. The molecule has 2 amide bonds. The van der Waals surface area contributed by atoms with Crippen LogP contribution in [0.5, 0.6) is 0 Å². The number of rotatable bonds is 5. The summed E-state index contributed by atoms with van der Waals surface area (Å²) in [4.78, 5) is 23.1. The highest BCUT2D eigenvalue weighted by atomic mass is 32.1. The molecule has 0 aliphatic heterocycles. The summed E-state index contributed by atoms with van der Waals surface area (Å²) in [5.74, 6) is -1.01. The van der Waals surface area contributed by atoms with Gasteiger partial charge in [-0.1, -0.05) is 13.3 Å². The molecule has 5 nitrogen and oxygen atoms in total. The van der Waals surface area contributed by atoms with E-state index in [4.69, 9.17) is 0 Å². The van der Waals surface area contributed by atoms with E-state index in [-0.39, 0.29) is 5.56 Å². The summed E-state index contributed by atoms with van der Waals surface area (Å²) in [6.45, 7) is 1.99. The molecule has 0 bridgehead atoms. The fourth-order valence-electron chi connectivity index (χ4n) is 1.77. The van der Waals surface area contributed by atoms with E-state index in [0.717, 1.165) is 12.0 Å². The molecule has 2 heterocycles. The number of aromatic carboxylic acids is 1. The van der Waals surface area contributed by atoms with E-state index < -0.39 is 12.0 Å². The van der Waals surface area contributed by atoms with Gasteiger partial charge < -0.3 is 5.11 Å². The number of urea groups is 1. The van der Waals surface area contributed by atoms with Crippen molar-refractivity contribution in [1.29, 1.82) is 0 Å². The molecule has 0 aromatic carbocycles. The molecule has 0 aliphatic rings. The third kappa shape index (κ3) is 3.37. The van der Waals surface area contributed by atoms with Crippen molar-refractivity contribution in [2.75, 3.05) is 10.6 Å². The minimum atomic E-state index is -1.01. The Balaban J connectivity index is 2.12. The van der Waals surface area contributed by atoms with Crippen LogP contribution in [-0.4, -0.2) is 17.1 Å². The van der Waals surface area contributed by atoms with Crippen molar-refractivity contribution in [3.63, 3.8) is 0 Å². The minimum Gasteiger partial charge on any atom is -0.478 e. The Morgan fingerprint density at radius 3 is 2.70 bits per heavy atom. The van der Waals surface area contributed by atoms with Gasteiger partial charge in [0.25, 0.3) is 0 Å². The van der Waals surface area contributed by atoms with E-state index in [2.05, 4.69) is 10.6 Å². The average molecular weight is 310 g/mol. The second-order valence-electron chi connectivity index (χ2n) is 4.08. The summed E-state index contributed by atoms with van der Waals surface area (Å²) in [6, 6.07) is 3.17.